The molecule has 1 aliphatic heterocycles. The summed E-state index contributed by atoms with van der Waals surface area (Å²) >= 11 is 0. The summed E-state index contributed by atoms with van der Waals surface area (Å²) in [6, 6.07) is -0.625. The molecule has 1 heterocycles. The lowest BCUT2D eigenvalue weighted by atomic mass is 9.96. The number of aliphatic carboxylic acids is 1. The van der Waals surface area contributed by atoms with Crippen LogP contribution < -0.4 is 5.32 Å². The molecule has 0 aliphatic carbocycles. The molecule has 2 atom stereocenters. The third-order valence-electron chi connectivity index (χ3n) is 3.58. The van der Waals surface area contributed by atoms with Crippen molar-refractivity contribution in [2.24, 2.45) is 11.8 Å². The monoisotopic (exact) mass is 356 g/mol. The van der Waals surface area contributed by atoms with Crippen LogP contribution >= 0.6 is 0 Å². The highest BCUT2D eigenvalue weighted by atomic mass is 19.4. The van der Waals surface area contributed by atoms with Crippen molar-refractivity contribution in [2.45, 2.75) is 6.18 Å². The lowest BCUT2D eigenvalue weighted by Crippen LogP contribution is -2.35. The zero-order valence-electron chi connectivity index (χ0n) is 11.7. The van der Waals surface area contributed by atoms with Crippen LogP contribution in [0.1, 0.15) is 0 Å². The Morgan fingerprint density at radius 2 is 1.79 bits per heavy atom. The average Bonchev–Trinajstić information content (AvgIpc) is 2.89. The number of urea groups is 1. The van der Waals surface area contributed by atoms with Crippen LogP contribution in [0, 0.1) is 29.3 Å². The van der Waals surface area contributed by atoms with Crippen molar-refractivity contribution in [1.82, 2.24) is 4.90 Å². The predicted molar refractivity (Wildman–Crippen MR) is 67.6 cm³/mol. The Balaban J connectivity index is 2.18. The molecular weight excluding hydrogens is 346 g/mol. The molecule has 1 aromatic rings. The number of hydrogen-bond acceptors (Lipinski definition) is 2. The molecule has 1 aromatic carbocycles. The number of nitrogens with zero attached hydrogens (tertiary/aromatic N) is 1. The van der Waals surface area contributed by atoms with E-state index in [2.05, 4.69) is 0 Å². The Bertz CT molecular complexity index is 678. The molecule has 24 heavy (non-hydrogen) atoms. The minimum Gasteiger partial charge on any atom is -0.481 e. The highest BCUT2D eigenvalue weighted by Gasteiger charge is 2.53. The SMILES string of the molecule is O=C(O)[C@@H]1CN(C(=O)Nc2cc(F)cc(F)c2F)C[C@H]1C(F)(F)F. The number of carbonyl (C=O) groups excluding carboxylic acids is 1. The first-order valence-corrected chi connectivity index (χ1v) is 6.50. The third kappa shape index (κ3) is 3.54. The van der Waals surface area contributed by atoms with E-state index in [9.17, 15) is 35.9 Å². The van der Waals surface area contributed by atoms with Crippen molar-refractivity contribution in [1.29, 1.82) is 0 Å². The number of carboxylic acid groups (broad SMARTS) is 1. The number of carboxylic acids is 1. The number of benzene rings is 1. The largest absolute Gasteiger partial charge is 0.481 e. The molecule has 1 aliphatic rings. The van der Waals surface area contributed by atoms with Gasteiger partial charge in [0, 0.05) is 25.2 Å². The summed E-state index contributed by atoms with van der Waals surface area (Å²) in [7, 11) is 0. The maximum atomic E-state index is 13.5. The normalized spacial score (nSPS) is 21.0. The maximum absolute atomic E-state index is 13.5. The Hall–Kier alpha value is -2.46. The van der Waals surface area contributed by atoms with E-state index in [4.69, 9.17) is 5.11 Å². The highest BCUT2D eigenvalue weighted by Crippen LogP contribution is 2.38. The van der Waals surface area contributed by atoms with Crippen LogP contribution in [0.25, 0.3) is 0 Å². The number of amides is 2. The molecule has 0 unspecified atom stereocenters. The van der Waals surface area contributed by atoms with Gasteiger partial charge in [-0.25, -0.2) is 18.0 Å². The van der Waals surface area contributed by atoms with Gasteiger partial charge in [0.05, 0.1) is 17.5 Å². The van der Waals surface area contributed by atoms with Crippen LogP contribution in [0.2, 0.25) is 0 Å². The standard InChI is InChI=1S/C13H10F6N2O3/c14-5-1-8(15)10(16)9(2-5)20-12(24)21-3-6(11(22)23)7(4-21)13(17,18)19/h1-2,6-7H,3-4H2,(H,20,24)(H,22,23)/t6-,7-/m1/s1. The molecule has 0 bridgehead atoms. The molecule has 2 rings (SSSR count). The summed E-state index contributed by atoms with van der Waals surface area (Å²) in [6.45, 7) is -1.74. The topological polar surface area (TPSA) is 69.6 Å². The van der Waals surface area contributed by atoms with Gasteiger partial charge >= 0.3 is 18.2 Å². The molecule has 0 aromatic heterocycles. The quantitative estimate of drug-likeness (QED) is 0.632. The van der Waals surface area contributed by atoms with Crippen molar-refractivity contribution < 1.29 is 41.0 Å². The van der Waals surface area contributed by atoms with Crippen LogP contribution in [-0.2, 0) is 4.79 Å². The van der Waals surface area contributed by atoms with Gasteiger partial charge in [-0.2, -0.15) is 13.2 Å². The third-order valence-corrected chi connectivity index (χ3v) is 3.58. The van der Waals surface area contributed by atoms with Gasteiger partial charge in [0.1, 0.15) is 5.82 Å². The van der Waals surface area contributed by atoms with Crippen molar-refractivity contribution in [2.75, 3.05) is 18.4 Å². The highest BCUT2D eigenvalue weighted by molar-refractivity contribution is 5.90. The summed E-state index contributed by atoms with van der Waals surface area (Å²) in [5.41, 5.74) is -0.903. The van der Waals surface area contributed by atoms with Gasteiger partial charge in [-0.1, -0.05) is 0 Å². The molecule has 1 fully saturated rings. The van der Waals surface area contributed by atoms with E-state index in [-0.39, 0.29) is 6.07 Å². The first-order chi connectivity index (χ1) is 11.0. The van der Waals surface area contributed by atoms with Crippen LogP contribution in [-0.4, -0.2) is 41.3 Å². The molecule has 0 spiro atoms. The molecule has 1 saturated heterocycles. The second-order valence-electron chi connectivity index (χ2n) is 5.18. The van der Waals surface area contributed by atoms with E-state index in [0.717, 1.165) is 0 Å². The maximum Gasteiger partial charge on any atom is 0.394 e. The predicted octanol–water partition coefficient (Wildman–Crippen LogP) is 2.83. The van der Waals surface area contributed by atoms with E-state index in [1.807, 2.05) is 0 Å². The number of likely N-dealkylation sites (tertiary alicyclic amines) is 1. The van der Waals surface area contributed by atoms with Gasteiger partial charge in [0.25, 0.3) is 0 Å². The second-order valence-corrected chi connectivity index (χ2v) is 5.18. The Morgan fingerprint density at radius 1 is 1.17 bits per heavy atom. The van der Waals surface area contributed by atoms with Gasteiger partial charge in [0.2, 0.25) is 0 Å². The Morgan fingerprint density at radius 3 is 2.29 bits per heavy atom. The first-order valence-electron chi connectivity index (χ1n) is 6.50. The summed E-state index contributed by atoms with van der Waals surface area (Å²) in [6.07, 6.45) is -4.85. The summed E-state index contributed by atoms with van der Waals surface area (Å²) in [5, 5.41) is 10.6. The molecule has 2 N–H and O–H groups in total. The van der Waals surface area contributed by atoms with E-state index >= 15 is 0 Å². The molecule has 0 radical (unpaired) electrons. The van der Waals surface area contributed by atoms with E-state index < -0.39 is 66.2 Å². The minimum absolute atomic E-state index is 0.223. The van der Waals surface area contributed by atoms with Gasteiger partial charge in [0.15, 0.2) is 11.6 Å². The number of rotatable bonds is 2. The smallest absolute Gasteiger partial charge is 0.394 e. The Kier molecular flexibility index (Phi) is 4.63. The number of nitrogens with one attached hydrogen (secondary N) is 1. The van der Waals surface area contributed by atoms with E-state index in [0.29, 0.717) is 11.0 Å². The van der Waals surface area contributed by atoms with Crippen molar-refractivity contribution >= 4 is 17.7 Å². The van der Waals surface area contributed by atoms with Crippen LogP contribution in [0.5, 0.6) is 0 Å². The van der Waals surface area contributed by atoms with Gasteiger partial charge in [-0.05, 0) is 0 Å². The zero-order chi connectivity index (χ0) is 18.2. The van der Waals surface area contributed by atoms with Gasteiger partial charge in [-0.15, -0.1) is 0 Å². The van der Waals surface area contributed by atoms with Gasteiger partial charge < -0.3 is 15.3 Å². The number of alkyl halides is 3. The minimum atomic E-state index is -4.85. The van der Waals surface area contributed by atoms with E-state index in [1.165, 1.54) is 0 Å². The van der Waals surface area contributed by atoms with Crippen molar-refractivity contribution in [3.8, 4) is 0 Å². The van der Waals surface area contributed by atoms with Crippen LogP contribution in [0.3, 0.4) is 0 Å². The fourth-order valence-electron chi connectivity index (χ4n) is 2.39. The molecule has 5 nitrogen and oxygen atoms in total. The van der Waals surface area contributed by atoms with Crippen molar-refractivity contribution in [3.63, 3.8) is 0 Å². The second kappa shape index (κ2) is 6.21. The molecule has 0 saturated carbocycles. The first kappa shape index (κ1) is 17.9. The summed E-state index contributed by atoms with van der Waals surface area (Å²) < 4.78 is 78.0. The average molecular weight is 356 g/mol. The summed E-state index contributed by atoms with van der Waals surface area (Å²) in [5.74, 6) is -10.3. The lowest BCUT2D eigenvalue weighted by Gasteiger charge is -2.19. The number of hydrogen-bond donors (Lipinski definition) is 2. The molecule has 11 heteroatoms. The fourth-order valence-corrected chi connectivity index (χ4v) is 2.39. The van der Waals surface area contributed by atoms with Crippen molar-refractivity contribution in [3.05, 3.63) is 29.6 Å². The molecule has 2 amide bonds. The molecule has 132 valence electrons. The number of anilines is 1. The lowest BCUT2D eigenvalue weighted by molar-refractivity contribution is -0.187. The van der Waals surface area contributed by atoms with Crippen LogP contribution in [0.4, 0.5) is 36.8 Å². The van der Waals surface area contributed by atoms with Gasteiger partial charge in [-0.3, -0.25) is 4.79 Å². The zero-order valence-corrected chi connectivity index (χ0v) is 11.7. The number of carbonyl (C=O) groups is 2. The summed E-state index contributed by atoms with van der Waals surface area (Å²) in [4.78, 5) is 23.3. The number of halogens is 6. The van der Waals surface area contributed by atoms with Crippen LogP contribution in [0.15, 0.2) is 12.1 Å². The molecular formula is C13H10F6N2O3. The fraction of sp³-hybridized carbons (Fsp3) is 0.385. The van der Waals surface area contributed by atoms with E-state index in [1.54, 1.807) is 5.32 Å². The Labute approximate surface area is 130 Å².